The van der Waals surface area contributed by atoms with Gasteiger partial charge >= 0.3 is 0 Å². The molecule has 1 amide bonds. The van der Waals surface area contributed by atoms with E-state index in [0.29, 0.717) is 53.1 Å². The average molecular weight is 533 g/mol. The van der Waals surface area contributed by atoms with Crippen molar-refractivity contribution < 1.29 is 14.6 Å². The van der Waals surface area contributed by atoms with Gasteiger partial charge in [0.05, 0.1) is 42.4 Å². The first-order chi connectivity index (χ1) is 18.1. The molecule has 38 heavy (non-hydrogen) atoms. The summed E-state index contributed by atoms with van der Waals surface area (Å²) in [5.74, 6) is 1.04. The molecule has 0 spiro atoms. The highest BCUT2D eigenvalue weighted by molar-refractivity contribution is 6.33. The van der Waals surface area contributed by atoms with Crippen molar-refractivity contribution in [3.8, 4) is 17.3 Å². The van der Waals surface area contributed by atoms with Gasteiger partial charge in [0.2, 0.25) is 11.8 Å². The number of likely N-dealkylation sites (tertiary alicyclic amines) is 1. The van der Waals surface area contributed by atoms with Gasteiger partial charge in [0.25, 0.3) is 0 Å². The zero-order valence-electron chi connectivity index (χ0n) is 21.6. The molecule has 0 radical (unpaired) electrons. The fourth-order valence-corrected chi connectivity index (χ4v) is 5.08. The van der Waals surface area contributed by atoms with Crippen LogP contribution in [0.3, 0.4) is 0 Å². The van der Waals surface area contributed by atoms with Gasteiger partial charge in [-0.1, -0.05) is 17.7 Å². The molecule has 9 nitrogen and oxygen atoms in total. The number of aliphatic hydroxyl groups is 1. The Hall–Kier alpha value is -3.56. The van der Waals surface area contributed by atoms with Crippen LogP contribution >= 0.6 is 11.6 Å². The third kappa shape index (κ3) is 4.83. The summed E-state index contributed by atoms with van der Waals surface area (Å²) in [6.45, 7) is 6.95. The lowest BCUT2D eigenvalue weighted by molar-refractivity contribution is -0.151. The molecule has 1 aliphatic heterocycles. The van der Waals surface area contributed by atoms with E-state index in [2.05, 4.69) is 21.9 Å². The van der Waals surface area contributed by atoms with Crippen LogP contribution in [0.15, 0.2) is 42.9 Å². The summed E-state index contributed by atoms with van der Waals surface area (Å²) in [6.07, 6.45) is 5.44. The molecule has 6 rings (SSSR count). The summed E-state index contributed by atoms with van der Waals surface area (Å²) in [5, 5.41) is 10.4. The fourth-order valence-electron chi connectivity index (χ4n) is 4.79. The Kier molecular flexibility index (Phi) is 5.88. The molecule has 1 aromatic carbocycles. The molecule has 1 saturated heterocycles. The first-order valence-electron chi connectivity index (χ1n) is 12.7. The maximum Gasteiger partial charge on any atom is 0.245 e. The van der Waals surface area contributed by atoms with Gasteiger partial charge in [-0.3, -0.25) is 9.78 Å². The summed E-state index contributed by atoms with van der Waals surface area (Å²) < 4.78 is 8.19. The van der Waals surface area contributed by atoms with E-state index in [-0.39, 0.29) is 17.9 Å². The Morgan fingerprint density at radius 1 is 1.13 bits per heavy atom. The molecule has 2 fully saturated rings. The van der Waals surface area contributed by atoms with Crippen molar-refractivity contribution in [1.29, 1.82) is 0 Å². The summed E-state index contributed by atoms with van der Waals surface area (Å²) in [7, 11) is 0. The molecule has 4 heterocycles. The quantitative estimate of drug-likeness (QED) is 0.384. The van der Waals surface area contributed by atoms with Crippen molar-refractivity contribution in [2.75, 3.05) is 13.1 Å². The van der Waals surface area contributed by atoms with Crippen LogP contribution in [0.5, 0.6) is 5.88 Å². The fraction of sp³-hybridized carbons (Fsp3) is 0.393. The van der Waals surface area contributed by atoms with Gasteiger partial charge in [-0.2, -0.15) is 4.98 Å². The van der Waals surface area contributed by atoms with E-state index in [9.17, 15) is 9.90 Å². The normalized spacial score (nSPS) is 17.3. The minimum absolute atomic E-state index is 0.0382. The van der Waals surface area contributed by atoms with Crippen LogP contribution in [0.25, 0.3) is 22.6 Å². The number of hydrogen-bond acceptors (Lipinski definition) is 7. The Bertz CT molecular complexity index is 1550. The third-order valence-corrected chi connectivity index (χ3v) is 7.45. The molecule has 4 aromatic rings. The SMILES string of the molecule is Cc1ccnc(Cn2c(-c3ccc(CC(=O)N4CC(C)(O)C4)cc3Cl)nc3c(OC4(C)CC4)ncnc32)c1. The van der Waals surface area contributed by atoms with Gasteiger partial charge in [0.1, 0.15) is 17.8 Å². The van der Waals surface area contributed by atoms with Crippen LogP contribution in [0.2, 0.25) is 5.02 Å². The van der Waals surface area contributed by atoms with Gasteiger partial charge in [0, 0.05) is 11.8 Å². The number of halogens is 1. The monoisotopic (exact) mass is 532 g/mol. The number of hydrogen-bond donors (Lipinski definition) is 1. The lowest BCUT2D eigenvalue weighted by Gasteiger charge is -2.44. The van der Waals surface area contributed by atoms with Crippen LogP contribution in [0.4, 0.5) is 0 Å². The van der Waals surface area contributed by atoms with Crippen molar-refractivity contribution in [2.24, 2.45) is 0 Å². The molecule has 196 valence electrons. The van der Waals surface area contributed by atoms with Crippen molar-refractivity contribution in [2.45, 2.75) is 57.8 Å². The minimum atomic E-state index is -0.801. The lowest BCUT2D eigenvalue weighted by atomic mass is 9.96. The highest BCUT2D eigenvalue weighted by Crippen LogP contribution is 2.41. The topological polar surface area (TPSA) is 106 Å². The van der Waals surface area contributed by atoms with Crippen molar-refractivity contribution in [3.63, 3.8) is 0 Å². The number of carbonyl (C=O) groups excluding carboxylic acids is 1. The van der Waals surface area contributed by atoms with Gasteiger partial charge in [-0.15, -0.1) is 0 Å². The number of imidazole rings is 1. The zero-order chi connectivity index (χ0) is 26.7. The Balaban J connectivity index is 1.37. The number of rotatable bonds is 7. The Labute approximate surface area is 225 Å². The predicted molar refractivity (Wildman–Crippen MR) is 143 cm³/mol. The molecule has 0 unspecified atom stereocenters. The van der Waals surface area contributed by atoms with Crippen LogP contribution < -0.4 is 4.74 Å². The number of carbonyl (C=O) groups is 1. The number of pyridine rings is 1. The highest BCUT2D eigenvalue weighted by atomic mass is 35.5. The van der Waals surface area contributed by atoms with E-state index in [4.69, 9.17) is 21.3 Å². The molecular weight excluding hydrogens is 504 g/mol. The third-order valence-electron chi connectivity index (χ3n) is 7.13. The number of amides is 1. The molecule has 10 heteroatoms. The number of ether oxygens (including phenoxy) is 1. The van der Waals surface area contributed by atoms with Crippen LogP contribution in [-0.4, -0.2) is 64.7 Å². The molecule has 1 saturated carbocycles. The van der Waals surface area contributed by atoms with E-state index in [1.807, 2.05) is 35.8 Å². The predicted octanol–water partition coefficient (Wildman–Crippen LogP) is 3.97. The van der Waals surface area contributed by atoms with Gasteiger partial charge in [-0.25, -0.2) is 9.97 Å². The summed E-state index contributed by atoms with van der Waals surface area (Å²) >= 11 is 6.80. The second-order valence-electron chi connectivity index (χ2n) is 11.0. The van der Waals surface area contributed by atoms with Crippen LogP contribution in [0.1, 0.15) is 43.5 Å². The number of fused-ring (bicyclic) bond motifs is 1. The smallest absolute Gasteiger partial charge is 0.245 e. The van der Waals surface area contributed by atoms with E-state index < -0.39 is 5.60 Å². The standard InChI is InChI=1S/C28H29ClN6O3/c1-17-6-9-30-19(10-17)13-35-24(33-23-25(35)31-16-32-26(23)38-28(3)7-8-28)20-5-4-18(11-21(20)29)12-22(36)34-14-27(2,37)15-34/h4-6,9-11,16,37H,7-8,12-15H2,1-3H3. The van der Waals surface area contributed by atoms with E-state index in [1.54, 1.807) is 24.1 Å². The van der Waals surface area contributed by atoms with E-state index >= 15 is 0 Å². The molecule has 1 aliphatic carbocycles. The number of aromatic nitrogens is 5. The summed E-state index contributed by atoms with van der Waals surface area (Å²) in [6, 6.07) is 9.56. The lowest BCUT2D eigenvalue weighted by Crippen LogP contribution is -2.62. The second-order valence-corrected chi connectivity index (χ2v) is 11.4. The van der Waals surface area contributed by atoms with Gasteiger partial charge in [0.15, 0.2) is 11.2 Å². The summed E-state index contributed by atoms with van der Waals surface area (Å²) in [5.41, 5.74) is 3.67. The van der Waals surface area contributed by atoms with Crippen LogP contribution in [0, 0.1) is 6.92 Å². The first kappa shape index (κ1) is 24.8. The van der Waals surface area contributed by atoms with E-state index in [1.165, 1.54) is 6.33 Å². The highest BCUT2D eigenvalue weighted by Gasteiger charge is 2.41. The minimum Gasteiger partial charge on any atom is -0.470 e. The number of β-amino-alcohol motifs (C(OH)–C–C–N with tert-alkyl or cyclic N) is 1. The largest absolute Gasteiger partial charge is 0.470 e. The molecule has 0 bridgehead atoms. The van der Waals surface area contributed by atoms with Crippen LogP contribution in [-0.2, 0) is 17.8 Å². The zero-order valence-corrected chi connectivity index (χ0v) is 22.4. The number of benzene rings is 1. The molecular formula is C28H29ClN6O3. The molecule has 1 N–H and O–H groups in total. The Morgan fingerprint density at radius 2 is 1.92 bits per heavy atom. The van der Waals surface area contributed by atoms with Crippen molar-refractivity contribution in [1.82, 2.24) is 29.4 Å². The van der Waals surface area contributed by atoms with Crippen molar-refractivity contribution >= 4 is 28.7 Å². The maximum absolute atomic E-state index is 12.6. The number of aryl methyl sites for hydroxylation is 1. The average Bonchev–Trinajstić information content (AvgIpc) is 3.46. The van der Waals surface area contributed by atoms with Crippen molar-refractivity contribution in [3.05, 3.63) is 64.7 Å². The first-order valence-corrected chi connectivity index (χ1v) is 13.1. The maximum atomic E-state index is 12.6. The molecule has 3 aromatic heterocycles. The van der Waals surface area contributed by atoms with E-state index in [0.717, 1.165) is 29.7 Å². The van der Waals surface area contributed by atoms with Gasteiger partial charge < -0.3 is 19.3 Å². The Morgan fingerprint density at radius 3 is 2.61 bits per heavy atom. The molecule has 2 aliphatic rings. The molecule has 0 atom stereocenters. The number of nitrogens with zero attached hydrogens (tertiary/aromatic N) is 6. The summed E-state index contributed by atoms with van der Waals surface area (Å²) in [4.78, 5) is 32.7. The van der Waals surface area contributed by atoms with Gasteiger partial charge in [-0.05, 0) is 69.0 Å². The second kappa shape index (κ2) is 9.03.